The number of methoxy groups -OCH3 is 3. The van der Waals surface area contributed by atoms with Crippen molar-refractivity contribution in [1.82, 2.24) is 44.5 Å². The molecule has 0 saturated carbocycles. The van der Waals surface area contributed by atoms with Gasteiger partial charge in [0.05, 0.1) is 44.5 Å². The van der Waals surface area contributed by atoms with Crippen molar-refractivity contribution in [3.05, 3.63) is 120 Å². The van der Waals surface area contributed by atoms with Crippen LogP contribution in [0.3, 0.4) is 0 Å². The molecule has 0 spiro atoms. The van der Waals surface area contributed by atoms with E-state index in [4.69, 9.17) is 28.8 Å². The van der Waals surface area contributed by atoms with Crippen LogP contribution in [0, 0.1) is 0 Å². The molecule has 22 nitrogen and oxygen atoms in total. The summed E-state index contributed by atoms with van der Waals surface area (Å²) in [7, 11) is -5.81. The highest BCUT2D eigenvalue weighted by Gasteiger charge is 2.39. The first-order valence-corrected chi connectivity index (χ1v) is 26.7. The molecule has 2 heterocycles. The summed E-state index contributed by atoms with van der Waals surface area (Å²) in [5, 5.41) is 18.5. The van der Waals surface area contributed by atoms with E-state index >= 15 is 16.8 Å². The van der Waals surface area contributed by atoms with E-state index in [2.05, 4.69) is 30.9 Å². The average Bonchev–Trinajstić information content (AvgIpc) is 4.05. The number of fused-ring (bicyclic) bond motifs is 1. The maximum atomic E-state index is 16.3. The van der Waals surface area contributed by atoms with Crippen LogP contribution < -0.4 is 29.6 Å². The highest BCUT2D eigenvalue weighted by molar-refractivity contribution is 7.92. The Morgan fingerprint density at radius 2 is 1.24 bits per heavy atom. The van der Waals surface area contributed by atoms with E-state index in [-0.39, 0.29) is 53.6 Å². The number of sulfonamides is 2. The summed E-state index contributed by atoms with van der Waals surface area (Å²) in [5.74, 6) is 0.180. The molecule has 0 aliphatic rings. The van der Waals surface area contributed by atoms with Gasteiger partial charge in [-0.25, -0.2) is 36.1 Å². The average molecular weight is 1080 g/mol. The topological polar surface area (TPSA) is 277 Å². The molecule has 5 aromatic carbocycles. The van der Waals surface area contributed by atoms with Crippen LogP contribution in [0.4, 0.5) is 15.5 Å². The van der Waals surface area contributed by atoms with Crippen LogP contribution in [-0.2, 0) is 53.9 Å². The van der Waals surface area contributed by atoms with E-state index in [1.165, 1.54) is 39.1 Å². The molecule has 7 rings (SSSR count). The molecule has 0 radical (unpaired) electrons. The summed E-state index contributed by atoms with van der Waals surface area (Å²) in [6, 6.07) is 26.8. The van der Waals surface area contributed by atoms with Crippen LogP contribution in [0.1, 0.15) is 71.6 Å². The van der Waals surface area contributed by atoms with Crippen molar-refractivity contribution in [2.24, 2.45) is 0 Å². The summed E-state index contributed by atoms with van der Waals surface area (Å²) in [6.45, 7) is 11.0. The Morgan fingerprint density at radius 1 is 0.697 bits per heavy atom. The van der Waals surface area contributed by atoms with Gasteiger partial charge in [-0.1, -0.05) is 54.6 Å². The number of carbonyl (C=O) groups excluding carboxylic acids is 3. The third-order valence-electron chi connectivity index (χ3n) is 11.1. The standard InChI is InChI=1S/C52H60N10O12S2/c1-32(53-49(64)73-51(2,3)4)28-43(63)59-75(66,67)42-27-26-39(40-12-11-13-41-45(40)55-48(54-41)56-50(65)74-52(5,6)7)44(47-57-60-62(58-47)31-35-18-24-38(72-10)25-19-35)46(42)76(68,69)61(29-33-14-20-36(70-8)21-15-33)30-34-16-22-37(71-9)23-17-34/h11-27,32H,28-31H2,1-10H3,(H,53,64)(H,59,63)(H2,54,55,56,65)/t32-/m0/s1. The zero-order chi connectivity index (χ0) is 55.2. The second kappa shape index (κ2) is 22.8. The van der Waals surface area contributed by atoms with Gasteiger partial charge in [0.25, 0.3) is 10.0 Å². The smallest absolute Gasteiger partial charge is 0.414 e. The van der Waals surface area contributed by atoms with Crippen LogP contribution in [-0.4, -0.2) is 108 Å². The number of para-hydroxylation sites is 1. The van der Waals surface area contributed by atoms with Crippen LogP contribution in [0.2, 0.25) is 0 Å². The third kappa shape index (κ3) is 14.0. The number of hydrogen-bond donors (Lipinski definition) is 4. The summed E-state index contributed by atoms with van der Waals surface area (Å²) in [6.07, 6.45) is -2.21. The molecule has 24 heteroatoms. The Kier molecular flexibility index (Phi) is 16.7. The van der Waals surface area contributed by atoms with Gasteiger partial charge < -0.3 is 34.0 Å². The molecule has 2 aromatic heterocycles. The lowest BCUT2D eigenvalue weighted by molar-refractivity contribution is -0.119. The number of anilines is 1. The number of ether oxygens (including phenoxy) is 5. The second-order valence-electron chi connectivity index (χ2n) is 19.5. The molecule has 0 fully saturated rings. The number of imidazole rings is 1. The zero-order valence-electron chi connectivity index (χ0n) is 43.6. The SMILES string of the molecule is COc1ccc(CN(Cc2ccc(OC)cc2)S(=O)(=O)c2c(S(=O)(=O)NC(=O)C[C@H](C)NC(=O)OC(C)(C)C)ccc(-c3cccc4[nH]c(NC(=O)OC(C)(C)C)nc34)c2-c2nnn(Cc3ccc(OC)cc3)n2)cc1. The number of nitrogens with one attached hydrogen (secondary N) is 4. The first kappa shape index (κ1) is 55.7. The number of benzene rings is 5. The van der Waals surface area contributed by atoms with E-state index in [1.807, 2.05) is 4.72 Å². The molecule has 7 aromatic rings. The number of aromatic amines is 1. The van der Waals surface area contributed by atoms with Crippen molar-refractivity contribution in [2.45, 2.75) is 102 Å². The number of hydrogen-bond acceptors (Lipinski definition) is 16. The second-order valence-corrected chi connectivity index (χ2v) is 23.0. The molecule has 402 valence electrons. The maximum Gasteiger partial charge on any atom is 0.414 e. The van der Waals surface area contributed by atoms with Crippen molar-refractivity contribution in [3.63, 3.8) is 0 Å². The fourth-order valence-electron chi connectivity index (χ4n) is 7.80. The van der Waals surface area contributed by atoms with Crippen molar-refractivity contribution in [2.75, 3.05) is 26.6 Å². The molecule has 0 unspecified atom stereocenters. The normalized spacial score (nSPS) is 12.5. The van der Waals surface area contributed by atoms with Crippen molar-refractivity contribution in [1.29, 1.82) is 0 Å². The summed E-state index contributed by atoms with van der Waals surface area (Å²) in [5.41, 5.74) is 0.570. The summed E-state index contributed by atoms with van der Waals surface area (Å²) < 4.78 is 92.6. The van der Waals surface area contributed by atoms with Crippen LogP contribution in [0.25, 0.3) is 33.5 Å². The summed E-state index contributed by atoms with van der Waals surface area (Å²) in [4.78, 5) is 46.6. The van der Waals surface area contributed by atoms with Gasteiger partial charge in [-0.2, -0.15) is 9.10 Å². The first-order valence-electron chi connectivity index (χ1n) is 23.7. The number of nitrogens with zero attached hydrogens (tertiary/aromatic N) is 6. The molecule has 4 N–H and O–H groups in total. The molecule has 76 heavy (non-hydrogen) atoms. The fourth-order valence-corrected chi connectivity index (χ4v) is 11.2. The maximum absolute atomic E-state index is 16.3. The van der Waals surface area contributed by atoms with Gasteiger partial charge in [-0.05, 0) is 124 Å². The van der Waals surface area contributed by atoms with Gasteiger partial charge in [-0.3, -0.25) is 10.1 Å². The number of alkyl carbamates (subject to hydrolysis) is 1. The minimum Gasteiger partial charge on any atom is -0.497 e. The fraction of sp³-hybridized carbons (Fsp3) is 0.327. The third-order valence-corrected chi connectivity index (χ3v) is 14.6. The molecule has 0 aliphatic heterocycles. The van der Waals surface area contributed by atoms with Crippen LogP contribution in [0.5, 0.6) is 17.2 Å². The number of rotatable bonds is 19. The van der Waals surface area contributed by atoms with Gasteiger partial charge in [0.2, 0.25) is 27.7 Å². The Morgan fingerprint density at radius 3 is 1.78 bits per heavy atom. The predicted octanol–water partition coefficient (Wildman–Crippen LogP) is 7.80. The van der Waals surface area contributed by atoms with Gasteiger partial charge in [0.15, 0.2) is 0 Å². The van der Waals surface area contributed by atoms with Crippen LogP contribution in [0.15, 0.2) is 113 Å². The monoisotopic (exact) mass is 1080 g/mol. The van der Waals surface area contributed by atoms with E-state index < -0.39 is 71.6 Å². The quantitative estimate of drug-likeness (QED) is 0.0601. The molecular formula is C52H60N10O12S2. The molecule has 0 bridgehead atoms. The van der Waals surface area contributed by atoms with Gasteiger partial charge in [0.1, 0.15) is 38.2 Å². The largest absolute Gasteiger partial charge is 0.497 e. The van der Waals surface area contributed by atoms with Crippen molar-refractivity contribution < 1.29 is 54.9 Å². The zero-order valence-corrected chi connectivity index (χ0v) is 45.3. The Balaban J connectivity index is 1.48. The van der Waals surface area contributed by atoms with Crippen LogP contribution >= 0.6 is 0 Å². The Hall–Kier alpha value is -8.09. The predicted molar refractivity (Wildman–Crippen MR) is 281 cm³/mol. The van der Waals surface area contributed by atoms with Gasteiger partial charge >= 0.3 is 12.2 Å². The summed E-state index contributed by atoms with van der Waals surface area (Å²) >= 11 is 0. The van der Waals surface area contributed by atoms with E-state index in [0.29, 0.717) is 39.5 Å². The lowest BCUT2D eigenvalue weighted by Crippen LogP contribution is -2.41. The number of tetrazole rings is 1. The van der Waals surface area contributed by atoms with E-state index in [0.717, 1.165) is 10.4 Å². The van der Waals surface area contributed by atoms with E-state index in [9.17, 15) is 14.4 Å². The number of H-pyrrole nitrogens is 1. The first-order chi connectivity index (χ1) is 35.8. The van der Waals surface area contributed by atoms with Gasteiger partial charge in [0, 0.05) is 31.1 Å². The molecule has 0 saturated heterocycles. The minimum absolute atomic E-state index is 0.0166. The highest BCUT2D eigenvalue weighted by atomic mass is 32.2. The lowest BCUT2D eigenvalue weighted by Gasteiger charge is -2.26. The molecule has 0 aliphatic carbocycles. The number of carbonyl (C=O) groups is 3. The van der Waals surface area contributed by atoms with E-state index in [1.54, 1.807) is 133 Å². The lowest BCUT2D eigenvalue weighted by atomic mass is 9.98. The molecule has 3 amide bonds. The minimum atomic E-state index is -5.18. The molecule has 1 atom stereocenters. The Bertz CT molecular complexity index is 3390. The van der Waals surface area contributed by atoms with Crippen molar-refractivity contribution >= 4 is 55.1 Å². The van der Waals surface area contributed by atoms with Crippen molar-refractivity contribution in [3.8, 4) is 39.8 Å². The highest BCUT2D eigenvalue weighted by Crippen LogP contribution is 2.43. The number of aromatic nitrogens is 6. The number of amides is 3. The molecular weight excluding hydrogens is 1020 g/mol. The Labute approximate surface area is 440 Å². The van der Waals surface area contributed by atoms with Gasteiger partial charge in [-0.15, -0.1) is 10.2 Å².